The molecule has 2 heteroatoms. The van der Waals surface area contributed by atoms with Crippen LogP contribution in [0.3, 0.4) is 0 Å². The molecule has 1 heterocycles. The smallest absolute Gasteiger partial charge is 0.130 e. The van der Waals surface area contributed by atoms with Gasteiger partial charge < -0.3 is 9.53 Å². The van der Waals surface area contributed by atoms with Crippen molar-refractivity contribution in [1.82, 2.24) is 0 Å². The fourth-order valence-electron chi connectivity index (χ4n) is 1.99. The number of aldehydes is 1. The van der Waals surface area contributed by atoms with Gasteiger partial charge in [-0.15, -0.1) is 0 Å². The van der Waals surface area contributed by atoms with E-state index in [0.717, 1.165) is 24.0 Å². The molecule has 15 heavy (non-hydrogen) atoms. The van der Waals surface area contributed by atoms with Crippen LogP contribution in [0.25, 0.3) is 0 Å². The lowest BCUT2D eigenvalue weighted by Gasteiger charge is -2.36. The summed E-state index contributed by atoms with van der Waals surface area (Å²) >= 11 is 0. The maximum Gasteiger partial charge on any atom is 0.130 e. The van der Waals surface area contributed by atoms with Crippen LogP contribution < -0.4 is 4.74 Å². The van der Waals surface area contributed by atoms with Crippen molar-refractivity contribution < 1.29 is 9.53 Å². The molecule has 1 atom stereocenters. The summed E-state index contributed by atoms with van der Waals surface area (Å²) in [4.78, 5) is 11.3. The Balaban J connectivity index is 2.35. The van der Waals surface area contributed by atoms with E-state index >= 15 is 0 Å². The normalized spacial score (nSPS) is 24.5. The van der Waals surface area contributed by atoms with Crippen LogP contribution in [0.5, 0.6) is 5.75 Å². The van der Waals surface area contributed by atoms with Crippen LogP contribution in [-0.2, 0) is 11.2 Å². The Labute approximate surface area is 90.3 Å². The summed E-state index contributed by atoms with van der Waals surface area (Å²) in [7, 11) is 0. The zero-order valence-electron chi connectivity index (χ0n) is 9.19. The Kier molecular flexibility index (Phi) is 2.51. The molecule has 0 aliphatic carbocycles. The van der Waals surface area contributed by atoms with E-state index in [9.17, 15) is 4.79 Å². The van der Waals surface area contributed by atoms with Crippen LogP contribution in [0.4, 0.5) is 0 Å². The van der Waals surface area contributed by atoms with Gasteiger partial charge in [0, 0.05) is 0 Å². The van der Waals surface area contributed by atoms with E-state index in [4.69, 9.17) is 4.74 Å². The summed E-state index contributed by atoms with van der Waals surface area (Å²) in [6.45, 7) is 4.66. The minimum Gasteiger partial charge on any atom is -0.492 e. The molecule has 0 spiro atoms. The molecule has 2 nitrogen and oxygen atoms in total. The molecule has 0 amide bonds. The number of carbonyl (C=O) groups excluding carboxylic acids is 1. The van der Waals surface area contributed by atoms with Crippen LogP contribution in [0.15, 0.2) is 24.3 Å². The highest BCUT2D eigenvalue weighted by Gasteiger charge is 2.38. The van der Waals surface area contributed by atoms with Crippen molar-refractivity contribution in [1.29, 1.82) is 0 Å². The first-order chi connectivity index (χ1) is 7.18. The second-order valence-electron chi connectivity index (χ2n) is 4.58. The van der Waals surface area contributed by atoms with Crippen LogP contribution >= 0.6 is 0 Å². The summed E-state index contributed by atoms with van der Waals surface area (Å²) in [5.74, 6) is 1.24. The van der Waals surface area contributed by atoms with E-state index in [1.165, 1.54) is 0 Å². The van der Waals surface area contributed by atoms with Gasteiger partial charge in [-0.1, -0.05) is 32.0 Å². The third-order valence-corrected chi connectivity index (χ3v) is 3.37. The lowest BCUT2D eigenvalue weighted by atomic mass is 9.73. The second-order valence-corrected chi connectivity index (χ2v) is 4.58. The van der Waals surface area contributed by atoms with Crippen LogP contribution in [0.2, 0.25) is 0 Å². The zero-order chi connectivity index (χ0) is 10.9. The van der Waals surface area contributed by atoms with Crippen LogP contribution in [-0.4, -0.2) is 12.9 Å². The van der Waals surface area contributed by atoms with Gasteiger partial charge in [0.1, 0.15) is 18.6 Å². The molecule has 0 radical (unpaired) electrons. The minimum absolute atomic E-state index is 0.309. The lowest BCUT2D eigenvalue weighted by Crippen LogP contribution is -2.40. The molecule has 0 saturated carbocycles. The predicted molar refractivity (Wildman–Crippen MR) is 59.0 cm³/mol. The number of ether oxygens (including phenoxy) is 1. The zero-order valence-corrected chi connectivity index (χ0v) is 9.19. The molecule has 2 rings (SSSR count). The third-order valence-electron chi connectivity index (χ3n) is 3.37. The van der Waals surface area contributed by atoms with E-state index in [1.54, 1.807) is 0 Å². The van der Waals surface area contributed by atoms with Crippen molar-refractivity contribution >= 4 is 6.29 Å². The van der Waals surface area contributed by atoms with Crippen molar-refractivity contribution in [3.05, 3.63) is 29.8 Å². The second kappa shape index (κ2) is 3.69. The number of fused-ring (bicyclic) bond motifs is 1. The number of hydrogen-bond donors (Lipinski definition) is 0. The Morgan fingerprint density at radius 2 is 2.13 bits per heavy atom. The molecule has 0 bridgehead atoms. The third kappa shape index (κ3) is 1.65. The topological polar surface area (TPSA) is 26.3 Å². The van der Waals surface area contributed by atoms with Gasteiger partial charge in [-0.05, 0) is 24.0 Å². The minimum atomic E-state index is -0.339. The van der Waals surface area contributed by atoms with E-state index in [-0.39, 0.29) is 5.41 Å². The fourth-order valence-corrected chi connectivity index (χ4v) is 1.99. The van der Waals surface area contributed by atoms with E-state index in [0.29, 0.717) is 12.5 Å². The molecule has 1 unspecified atom stereocenters. The molecule has 0 aromatic heterocycles. The molecule has 80 valence electrons. The highest BCUT2D eigenvalue weighted by atomic mass is 16.5. The molecule has 0 N–H and O–H groups in total. The summed E-state index contributed by atoms with van der Waals surface area (Å²) in [5, 5.41) is 0. The number of para-hydroxylation sites is 1. The van der Waals surface area contributed by atoms with E-state index in [2.05, 4.69) is 13.8 Å². The number of rotatable bonds is 2. The maximum absolute atomic E-state index is 11.3. The van der Waals surface area contributed by atoms with Gasteiger partial charge in [0.2, 0.25) is 0 Å². The summed E-state index contributed by atoms with van der Waals surface area (Å²) in [5.41, 5.74) is 0.804. The van der Waals surface area contributed by atoms with Gasteiger partial charge in [0.25, 0.3) is 0 Å². The molecule has 1 aromatic rings. The Morgan fingerprint density at radius 3 is 2.80 bits per heavy atom. The predicted octanol–water partition coefficient (Wildman–Crippen LogP) is 2.46. The monoisotopic (exact) mass is 204 g/mol. The number of hydrogen-bond acceptors (Lipinski definition) is 2. The van der Waals surface area contributed by atoms with Crippen molar-refractivity contribution in [3.8, 4) is 5.75 Å². The summed E-state index contributed by atoms with van der Waals surface area (Å²) in [6.07, 6.45) is 1.86. The Hall–Kier alpha value is -1.31. The number of carbonyl (C=O) groups is 1. The van der Waals surface area contributed by atoms with E-state index < -0.39 is 0 Å². The highest BCUT2D eigenvalue weighted by molar-refractivity contribution is 5.62. The van der Waals surface area contributed by atoms with Crippen LogP contribution in [0, 0.1) is 11.3 Å². The summed E-state index contributed by atoms with van der Waals surface area (Å²) < 4.78 is 5.66. The number of benzene rings is 1. The Bertz CT molecular complexity index is 371. The molecular formula is C13H16O2. The largest absolute Gasteiger partial charge is 0.492 e. The molecule has 0 saturated heterocycles. The van der Waals surface area contributed by atoms with Gasteiger partial charge in [-0.25, -0.2) is 0 Å². The lowest BCUT2D eigenvalue weighted by molar-refractivity contribution is -0.121. The van der Waals surface area contributed by atoms with Crippen molar-refractivity contribution in [2.24, 2.45) is 11.3 Å². The molecule has 1 aliphatic rings. The van der Waals surface area contributed by atoms with Crippen molar-refractivity contribution in [2.45, 2.75) is 20.3 Å². The first kappa shape index (κ1) is 10.2. The first-order valence-electron chi connectivity index (χ1n) is 5.35. The quantitative estimate of drug-likeness (QED) is 0.692. The maximum atomic E-state index is 11.3. The van der Waals surface area contributed by atoms with Gasteiger partial charge >= 0.3 is 0 Å². The average Bonchev–Trinajstić information content (AvgIpc) is 2.28. The highest BCUT2D eigenvalue weighted by Crippen LogP contribution is 2.37. The van der Waals surface area contributed by atoms with Gasteiger partial charge in [-0.3, -0.25) is 0 Å². The van der Waals surface area contributed by atoms with Crippen LogP contribution in [0.1, 0.15) is 19.4 Å². The Morgan fingerprint density at radius 1 is 1.40 bits per heavy atom. The molecular weight excluding hydrogens is 188 g/mol. The van der Waals surface area contributed by atoms with E-state index in [1.807, 2.05) is 24.3 Å². The fraction of sp³-hybridized carbons (Fsp3) is 0.462. The van der Waals surface area contributed by atoms with Gasteiger partial charge in [-0.2, -0.15) is 0 Å². The average molecular weight is 204 g/mol. The standard InChI is InChI=1S/C13H16O2/c1-10(2)13(8-14)7-11-5-3-4-6-12(11)15-9-13/h3-6,8,10H,7,9H2,1-2H3. The SMILES string of the molecule is CC(C)C1(C=O)COc2ccccc2C1. The molecule has 1 aromatic carbocycles. The first-order valence-corrected chi connectivity index (χ1v) is 5.35. The van der Waals surface area contributed by atoms with Gasteiger partial charge in [0.05, 0.1) is 5.41 Å². The van der Waals surface area contributed by atoms with Crippen molar-refractivity contribution in [2.75, 3.05) is 6.61 Å². The summed E-state index contributed by atoms with van der Waals surface area (Å²) in [6, 6.07) is 7.95. The van der Waals surface area contributed by atoms with Gasteiger partial charge in [0.15, 0.2) is 0 Å². The molecule has 0 fully saturated rings. The van der Waals surface area contributed by atoms with Crippen molar-refractivity contribution in [3.63, 3.8) is 0 Å². The molecule has 1 aliphatic heterocycles.